The van der Waals surface area contributed by atoms with Gasteiger partial charge in [-0.25, -0.2) is 8.78 Å². The van der Waals surface area contributed by atoms with Crippen LogP contribution in [0.3, 0.4) is 0 Å². The summed E-state index contributed by atoms with van der Waals surface area (Å²) in [5, 5.41) is 9.32. The molecular formula is C8H9F2N3. The van der Waals surface area contributed by atoms with Gasteiger partial charge in [-0.2, -0.15) is 0 Å². The van der Waals surface area contributed by atoms with Crippen molar-refractivity contribution in [2.24, 2.45) is 5.73 Å². The molecule has 0 aliphatic heterocycles. The van der Waals surface area contributed by atoms with E-state index >= 15 is 0 Å². The van der Waals surface area contributed by atoms with E-state index < -0.39 is 11.6 Å². The molecule has 70 valence electrons. The van der Waals surface area contributed by atoms with Crippen molar-refractivity contribution in [1.82, 2.24) is 5.32 Å². The molecule has 0 aliphatic carbocycles. The summed E-state index contributed by atoms with van der Waals surface area (Å²) in [6, 6.07) is 3.52. The number of rotatable bonds is 2. The molecule has 3 nitrogen and oxygen atoms in total. The molecule has 0 aliphatic rings. The summed E-state index contributed by atoms with van der Waals surface area (Å²) in [5.41, 5.74) is 5.55. The summed E-state index contributed by atoms with van der Waals surface area (Å²) >= 11 is 0. The normalized spacial score (nSPS) is 9.69. The molecule has 13 heavy (non-hydrogen) atoms. The molecule has 0 bridgehead atoms. The van der Waals surface area contributed by atoms with Gasteiger partial charge in [0, 0.05) is 6.54 Å². The van der Waals surface area contributed by atoms with Crippen molar-refractivity contribution in [2.45, 2.75) is 6.54 Å². The van der Waals surface area contributed by atoms with Crippen molar-refractivity contribution >= 4 is 5.96 Å². The van der Waals surface area contributed by atoms with E-state index in [1.54, 1.807) is 0 Å². The maximum absolute atomic E-state index is 12.6. The lowest BCUT2D eigenvalue weighted by Crippen LogP contribution is -2.29. The van der Waals surface area contributed by atoms with Crippen LogP contribution in [0.2, 0.25) is 0 Å². The molecule has 0 atom stereocenters. The van der Waals surface area contributed by atoms with E-state index in [1.807, 2.05) is 0 Å². The first-order valence-corrected chi connectivity index (χ1v) is 3.61. The number of benzene rings is 1. The molecular weight excluding hydrogens is 176 g/mol. The Balaban J connectivity index is 2.68. The fraction of sp³-hybridized carbons (Fsp3) is 0.125. The lowest BCUT2D eigenvalue weighted by molar-refractivity contribution is 0.507. The lowest BCUT2D eigenvalue weighted by Gasteiger charge is -2.03. The smallest absolute Gasteiger partial charge is 0.185 e. The zero-order valence-electron chi connectivity index (χ0n) is 6.77. The van der Waals surface area contributed by atoms with Gasteiger partial charge in [-0.15, -0.1) is 0 Å². The Bertz CT molecular complexity index is 325. The Kier molecular flexibility index (Phi) is 2.79. The second kappa shape index (κ2) is 3.84. The molecule has 0 spiro atoms. The molecule has 4 N–H and O–H groups in total. The summed E-state index contributed by atoms with van der Waals surface area (Å²) in [5.74, 6) is -1.99. The van der Waals surface area contributed by atoms with Crippen molar-refractivity contribution in [3.8, 4) is 0 Å². The van der Waals surface area contributed by atoms with Gasteiger partial charge < -0.3 is 11.1 Å². The van der Waals surface area contributed by atoms with Crippen molar-refractivity contribution in [3.63, 3.8) is 0 Å². The minimum atomic E-state index is -0.900. The lowest BCUT2D eigenvalue weighted by atomic mass is 10.2. The Hall–Kier alpha value is -1.65. The summed E-state index contributed by atoms with van der Waals surface area (Å²) in [6.07, 6.45) is 0. The Labute approximate surface area is 74.1 Å². The molecule has 5 heteroatoms. The molecule has 0 fully saturated rings. The van der Waals surface area contributed by atoms with Crippen molar-refractivity contribution in [2.75, 3.05) is 0 Å². The fourth-order valence-corrected chi connectivity index (χ4v) is 0.847. The van der Waals surface area contributed by atoms with E-state index in [4.69, 9.17) is 11.1 Å². The monoisotopic (exact) mass is 185 g/mol. The van der Waals surface area contributed by atoms with E-state index in [9.17, 15) is 8.78 Å². The van der Waals surface area contributed by atoms with Crippen LogP contribution in [-0.4, -0.2) is 5.96 Å². The quantitative estimate of drug-likeness (QED) is 0.474. The first-order valence-electron chi connectivity index (χ1n) is 3.61. The molecule has 0 saturated carbocycles. The number of nitrogens with one attached hydrogen (secondary N) is 2. The third kappa shape index (κ3) is 2.70. The van der Waals surface area contributed by atoms with Crippen LogP contribution in [-0.2, 0) is 6.54 Å². The van der Waals surface area contributed by atoms with Crippen molar-refractivity contribution < 1.29 is 8.78 Å². The number of halogens is 2. The van der Waals surface area contributed by atoms with Gasteiger partial charge in [-0.1, -0.05) is 6.07 Å². The highest BCUT2D eigenvalue weighted by Gasteiger charge is 2.01. The molecule has 1 rings (SSSR count). The second-order valence-corrected chi connectivity index (χ2v) is 2.52. The summed E-state index contributed by atoms with van der Waals surface area (Å²) in [4.78, 5) is 0. The summed E-state index contributed by atoms with van der Waals surface area (Å²) in [6.45, 7) is 0.215. The van der Waals surface area contributed by atoms with Gasteiger partial charge in [-0.05, 0) is 17.7 Å². The molecule has 0 saturated heterocycles. The van der Waals surface area contributed by atoms with Gasteiger partial charge >= 0.3 is 0 Å². The maximum atomic E-state index is 12.6. The molecule has 0 heterocycles. The van der Waals surface area contributed by atoms with Gasteiger partial charge in [0.25, 0.3) is 0 Å². The Morgan fingerprint density at radius 2 is 2.08 bits per heavy atom. The first-order chi connectivity index (χ1) is 6.09. The van der Waals surface area contributed by atoms with Gasteiger partial charge in [0.15, 0.2) is 17.6 Å². The third-order valence-electron chi connectivity index (χ3n) is 1.47. The van der Waals surface area contributed by atoms with Crippen LogP contribution in [0.15, 0.2) is 18.2 Å². The minimum Gasteiger partial charge on any atom is -0.370 e. The molecule has 1 aromatic rings. The zero-order valence-corrected chi connectivity index (χ0v) is 6.77. The van der Waals surface area contributed by atoms with Crippen LogP contribution >= 0.6 is 0 Å². The fourth-order valence-electron chi connectivity index (χ4n) is 0.847. The average Bonchev–Trinajstić information content (AvgIpc) is 2.07. The van der Waals surface area contributed by atoms with Gasteiger partial charge in [0.2, 0.25) is 0 Å². The highest BCUT2D eigenvalue weighted by atomic mass is 19.2. The average molecular weight is 185 g/mol. The summed E-state index contributed by atoms with van der Waals surface area (Å²) in [7, 11) is 0. The zero-order chi connectivity index (χ0) is 9.84. The molecule has 0 aromatic heterocycles. The number of hydrogen-bond acceptors (Lipinski definition) is 1. The number of guanidine groups is 1. The highest BCUT2D eigenvalue weighted by Crippen LogP contribution is 2.07. The molecule has 0 unspecified atom stereocenters. The van der Waals surface area contributed by atoms with E-state index in [0.29, 0.717) is 5.56 Å². The Morgan fingerprint density at radius 1 is 1.38 bits per heavy atom. The third-order valence-corrected chi connectivity index (χ3v) is 1.47. The van der Waals surface area contributed by atoms with Gasteiger partial charge in [-0.3, -0.25) is 5.41 Å². The standard InChI is InChI=1S/C8H9F2N3/c9-6-2-1-5(3-7(6)10)4-13-8(11)12/h1-3H,4H2,(H4,11,12,13). The van der Waals surface area contributed by atoms with Gasteiger partial charge in [0.05, 0.1) is 0 Å². The molecule has 0 amide bonds. The van der Waals surface area contributed by atoms with Crippen LogP contribution in [0.4, 0.5) is 8.78 Å². The molecule has 1 aromatic carbocycles. The predicted octanol–water partition coefficient (Wildman–Crippen LogP) is 0.948. The second-order valence-electron chi connectivity index (χ2n) is 2.52. The van der Waals surface area contributed by atoms with E-state index in [2.05, 4.69) is 5.32 Å². The van der Waals surface area contributed by atoms with Crippen LogP contribution in [0.5, 0.6) is 0 Å². The SMILES string of the molecule is N=C(N)NCc1ccc(F)c(F)c1. The highest BCUT2D eigenvalue weighted by molar-refractivity contribution is 5.74. The number of nitrogens with two attached hydrogens (primary N) is 1. The van der Waals surface area contributed by atoms with E-state index in [1.165, 1.54) is 6.07 Å². The number of hydrogen-bond donors (Lipinski definition) is 3. The van der Waals surface area contributed by atoms with Crippen LogP contribution < -0.4 is 11.1 Å². The largest absolute Gasteiger partial charge is 0.370 e. The maximum Gasteiger partial charge on any atom is 0.185 e. The molecule has 0 radical (unpaired) electrons. The summed E-state index contributed by atoms with van der Waals surface area (Å²) < 4.78 is 25.1. The van der Waals surface area contributed by atoms with E-state index in [-0.39, 0.29) is 12.5 Å². The van der Waals surface area contributed by atoms with Crippen molar-refractivity contribution in [1.29, 1.82) is 5.41 Å². The van der Waals surface area contributed by atoms with Gasteiger partial charge in [0.1, 0.15) is 0 Å². The van der Waals surface area contributed by atoms with Crippen LogP contribution in [0, 0.1) is 17.0 Å². The Morgan fingerprint density at radius 3 is 2.62 bits per heavy atom. The minimum absolute atomic E-state index is 0.204. The van der Waals surface area contributed by atoms with Crippen LogP contribution in [0.25, 0.3) is 0 Å². The van der Waals surface area contributed by atoms with E-state index in [0.717, 1.165) is 12.1 Å². The van der Waals surface area contributed by atoms with Crippen molar-refractivity contribution in [3.05, 3.63) is 35.4 Å². The topological polar surface area (TPSA) is 61.9 Å². The first kappa shape index (κ1) is 9.44. The predicted molar refractivity (Wildman–Crippen MR) is 45.1 cm³/mol. The van der Waals surface area contributed by atoms with Crippen LogP contribution in [0.1, 0.15) is 5.56 Å².